The van der Waals surface area contributed by atoms with E-state index in [-0.39, 0.29) is 5.92 Å². The first-order chi connectivity index (χ1) is 9.23. The van der Waals surface area contributed by atoms with Gasteiger partial charge in [-0.3, -0.25) is 0 Å². The molecule has 0 aromatic heterocycles. The fourth-order valence-electron chi connectivity index (χ4n) is 2.89. The number of hydrogen-bond donors (Lipinski definition) is 2. The highest BCUT2D eigenvalue weighted by Crippen LogP contribution is 2.43. The van der Waals surface area contributed by atoms with E-state index < -0.39 is 34.9 Å². The Labute approximate surface area is 126 Å². The Hall–Kier alpha value is -1.30. The Morgan fingerprint density at radius 2 is 1.81 bits per heavy atom. The average Bonchev–Trinajstić information content (AvgIpc) is 2.39. The predicted octanol–water partition coefficient (Wildman–Crippen LogP) is 2.56. The number of ether oxygens (including phenoxy) is 2. The Bertz CT molecular complexity index is 422. The predicted molar refractivity (Wildman–Crippen MR) is 78.1 cm³/mol. The lowest BCUT2D eigenvalue weighted by molar-refractivity contribution is -0.143. The number of nitrogens with one attached hydrogen (secondary N) is 1. The van der Waals surface area contributed by atoms with Gasteiger partial charge < -0.3 is 19.9 Å². The van der Waals surface area contributed by atoms with Crippen molar-refractivity contribution >= 4 is 12.1 Å². The number of amides is 1. The van der Waals surface area contributed by atoms with E-state index >= 15 is 0 Å². The maximum Gasteiger partial charge on any atom is 0.408 e. The van der Waals surface area contributed by atoms with E-state index in [2.05, 4.69) is 5.32 Å². The van der Waals surface area contributed by atoms with Crippen LogP contribution in [0.4, 0.5) is 4.79 Å². The monoisotopic (exact) mass is 301 g/mol. The molecule has 1 fully saturated rings. The van der Waals surface area contributed by atoms with Crippen LogP contribution in [0.5, 0.6) is 0 Å². The third-order valence-corrected chi connectivity index (χ3v) is 3.48. The molecule has 1 saturated heterocycles. The average molecular weight is 301 g/mol. The van der Waals surface area contributed by atoms with Gasteiger partial charge in [0.05, 0.1) is 11.2 Å². The van der Waals surface area contributed by atoms with Crippen molar-refractivity contribution in [2.45, 2.75) is 77.7 Å². The van der Waals surface area contributed by atoms with Gasteiger partial charge in [0.25, 0.3) is 0 Å². The molecule has 0 aromatic rings. The first kappa shape index (κ1) is 17.8. The lowest BCUT2D eigenvalue weighted by atomic mass is 9.81. The highest BCUT2D eigenvalue weighted by atomic mass is 16.6. The minimum absolute atomic E-state index is 0.336. The minimum Gasteiger partial charge on any atom is -0.480 e. The second-order valence-electron chi connectivity index (χ2n) is 7.74. The SMILES string of the molecule is CC(C)(C)OC(=O)NC(C(=O)O)C1CC(C)(C)OC1(C)C. The van der Waals surface area contributed by atoms with Gasteiger partial charge in [-0.25, -0.2) is 9.59 Å². The van der Waals surface area contributed by atoms with Crippen molar-refractivity contribution in [3.8, 4) is 0 Å². The molecule has 21 heavy (non-hydrogen) atoms. The molecule has 122 valence electrons. The first-order valence-electron chi connectivity index (χ1n) is 7.16. The summed E-state index contributed by atoms with van der Waals surface area (Å²) in [4.78, 5) is 23.4. The molecule has 1 amide bonds. The Morgan fingerprint density at radius 3 is 2.14 bits per heavy atom. The largest absolute Gasteiger partial charge is 0.480 e. The van der Waals surface area contributed by atoms with Crippen molar-refractivity contribution in [2.75, 3.05) is 0 Å². The second-order valence-corrected chi connectivity index (χ2v) is 7.74. The van der Waals surface area contributed by atoms with Gasteiger partial charge in [0, 0.05) is 5.92 Å². The van der Waals surface area contributed by atoms with Gasteiger partial charge in [-0.1, -0.05) is 0 Å². The van der Waals surface area contributed by atoms with Crippen LogP contribution in [0.3, 0.4) is 0 Å². The van der Waals surface area contributed by atoms with Crippen molar-refractivity contribution in [3.05, 3.63) is 0 Å². The van der Waals surface area contributed by atoms with Gasteiger partial charge in [0.15, 0.2) is 0 Å². The van der Waals surface area contributed by atoms with Gasteiger partial charge in [0.1, 0.15) is 11.6 Å². The summed E-state index contributed by atoms with van der Waals surface area (Å²) in [7, 11) is 0. The molecule has 2 unspecified atom stereocenters. The van der Waals surface area contributed by atoms with Crippen LogP contribution in [0, 0.1) is 5.92 Å². The van der Waals surface area contributed by atoms with Crippen LogP contribution < -0.4 is 5.32 Å². The van der Waals surface area contributed by atoms with Crippen LogP contribution in [0.1, 0.15) is 54.9 Å². The van der Waals surface area contributed by atoms with Crippen LogP contribution >= 0.6 is 0 Å². The Morgan fingerprint density at radius 1 is 1.29 bits per heavy atom. The molecule has 1 heterocycles. The van der Waals surface area contributed by atoms with Crippen LogP contribution in [0.15, 0.2) is 0 Å². The zero-order valence-corrected chi connectivity index (χ0v) is 13.9. The third-order valence-electron chi connectivity index (χ3n) is 3.48. The lowest BCUT2D eigenvalue weighted by Crippen LogP contribution is -2.52. The number of alkyl carbamates (subject to hydrolysis) is 1. The molecular weight excluding hydrogens is 274 g/mol. The first-order valence-corrected chi connectivity index (χ1v) is 7.16. The molecule has 2 atom stereocenters. The third kappa shape index (κ3) is 4.88. The molecule has 0 spiro atoms. The van der Waals surface area contributed by atoms with E-state index in [1.54, 1.807) is 20.8 Å². The molecule has 0 saturated carbocycles. The van der Waals surface area contributed by atoms with Crippen molar-refractivity contribution in [1.29, 1.82) is 0 Å². The van der Waals surface area contributed by atoms with E-state index in [0.29, 0.717) is 6.42 Å². The number of aliphatic carboxylic acids is 1. The highest BCUT2D eigenvalue weighted by molar-refractivity contribution is 5.80. The normalized spacial score (nSPS) is 25.2. The highest BCUT2D eigenvalue weighted by Gasteiger charge is 2.51. The molecule has 1 aliphatic heterocycles. The zero-order valence-electron chi connectivity index (χ0n) is 13.9. The number of rotatable bonds is 3. The van der Waals surface area contributed by atoms with Gasteiger partial charge in [-0.15, -0.1) is 0 Å². The van der Waals surface area contributed by atoms with Crippen LogP contribution in [-0.4, -0.2) is 40.0 Å². The summed E-state index contributed by atoms with van der Waals surface area (Å²) >= 11 is 0. The zero-order chi connectivity index (χ0) is 16.6. The van der Waals surface area contributed by atoms with Crippen LogP contribution in [0.25, 0.3) is 0 Å². The summed E-state index contributed by atoms with van der Waals surface area (Å²) in [5.74, 6) is -1.42. The number of carbonyl (C=O) groups is 2. The van der Waals surface area contributed by atoms with E-state index in [1.165, 1.54) is 0 Å². The standard InChI is InChI=1S/C15H27NO5/c1-13(2,3)20-12(19)16-10(11(17)18)9-8-14(4,5)21-15(9,6)7/h9-10H,8H2,1-7H3,(H,16,19)(H,17,18). The second kappa shape index (κ2) is 5.48. The fraction of sp³-hybridized carbons (Fsp3) is 0.867. The molecular formula is C15H27NO5. The summed E-state index contributed by atoms with van der Waals surface area (Å²) in [6.07, 6.45) is -0.178. The molecule has 1 rings (SSSR count). The van der Waals surface area contributed by atoms with Crippen molar-refractivity contribution in [3.63, 3.8) is 0 Å². The van der Waals surface area contributed by atoms with E-state index in [4.69, 9.17) is 9.47 Å². The number of hydrogen-bond acceptors (Lipinski definition) is 4. The molecule has 0 bridgehead atoms. The topological polar surface area (TPSA) is 84.9 Å². The molecule has 0 aliphatic carbocycles. The Kier molecular flexibility index (Phi) is 4.63. The van der Waals surface area contributed by atoms with Gasteiger partial charge in [-0.05, 0) is 54.9 Å². The molecule has 1 aliphatic rings. The quantitative estimate of drug-likeness (QED) is 0.837. The molecule has 6 nitrogen and oxygen atoms in total. The fourth-order valence-corrected chi connectivity index (χ4v) is 2.89. The van der Waals surface area contributed by atoms with E-state index in [9.17, 15) is 14.7 Å². The van der Waals surface area contributed by atoms with Crippen LogP contribution in [0.2, 0.25) is 0 Å². The smallest absolute Gasteiger partial charge is 0.408 e. The van der Waals surface area contributed by atoms with Gasteiger partial charge in [0.2, 0.25) is 0 Å². The summed E-state index contributed by atoms with van der Waals surface area (Å²) in [5, 5.41) is 11.9. The Balaban J connectivity index is 2.88. The van der Waals surface area contributed by atoms with Crippen LogP contribution in [-0.2, 0) is 14.3 Å². The molecule has 6 heteroatoms. The minimum atomic E-state index is -1.08. The van der Waals surface area contributed by atoms with E-state index in [1.807, 2.05) is 27.7 Å². The van der Waals surface area contributed by atoms with Gasteiger partial charge in [-0.2, -0.15) is 0 Å². The molecule has 2 N–H and O–H groups in total. The number of carboxylic acid groups (broad SMARTS) is 1. The maximum absolute atomic E-state index is 11.9. The lowest BCUT2D eigenvalue weighted by Gasteiger charge is -2.31. The summed E-state index contributed by atoms with van der Waals surface area (Å²) < 4.78 is 11.1. The van der Waals surface area contributed by atoms with E-state index in [0.717, 1.165) is 0 Å². The molecule has 0 radical (unpaired) electrons. The molecule has 0 aromatic carbocycles. The number of carbonyl (C=O) groups excluding carboxylic acids is 1. The van der Waals surface area contributed by atoms with Crippen molar-refractivity contribution < 1.29 is 24.2 Å². The maximum atomic E-state index is 11.9. The summed E-state index contributed by atoms with van der Waals surface area (Å²) in [6, 6.07) is -1.04. The van der Waals surface area contributed by atoms with Gasteiger partial charge >= 0.3 is 12.1 Å². The summed E-state index contributed by atoms with van der Waals surface area (Å²) in [5.41, 5.74) is -1.73. The van der Waals surface area contributed by atoms with Crippen molar-refractivity contribution in [2.24, 2.45) is 5.92 Å². The number of carboxylic acids is 1. The summed E-state index contributed by atoms with van der Waals surface area (Å²) in [6.45, 7) is 12.7. The van der Waals surface area contributed by atoms with Crippen molar-refractivity contribution in [1.82, 2.24) is 5.32 Å².